The minimum Gasteiger partial charge on any atom is -0.346 e. The van der Waals surface area contributed by atoms with Crippen molar-refractivity contribution < 1.29 is 19.5 Å². The van der Waals surface area contributed by atoms with Gasteiger partial charge in [-0.2, -0.15) is 27.7 Å². The normalized spacial score (nSPS) is 2.67. The van der Waals surface area contributed by atoms with Crippen LogP contribution in [0.15, 0.2) is 0 Å². The van der Waals surface area contributed by atoms with Gasteiger partial charge in [0.2, 0.25) is 0 Å². The summed E-state index contributed by atoms with van der Waals surface area (Å²) in [5, 5.41) is 0. The Morgan fingerprint density at radius 1 is 0.444 bits per heavy atom. The van der Waals surface area contributed by atoms with Gasteiger partial charge in [0.15, 0.2) is 0 Å². The number of rotatable bonds is 0. The van der Waals surface area contributed by atoms with Crippen LogP contribution in [-0.2, 0) is 19.5 Å². The first-order chi connectivity index (χ1) is 4.00. The van der Waals surface area contributed by atoms with Gasteiger partial charge in [0.05, 0.1) is 0 Å². The van der Waals surface area contributed by atoms with E-state index in [1.54, 1.807) is 27.7 Å². The molecule has 0 unspecified atom stereocenters. The molecule has 0 heterocycles. The molecule has 0 rings (SSSR count). The van der Waals surface area contributed by atoms with Crippen molar-refractivity contribution in [1.29, 1.82) is 0 Å². The number of hydrogen-bond acceptors (Lipinski definition) is 0. The summed E-state index contributed by atoms with van der Waals surface area (Å²) in [5.41, 5.74) is 0. The quantitative estimate of drug-likeness (QED) is 0.431. The van der Waals surface area contributed by atoms with Crippen LogP contribution in [0, 0.1) is 27.7 Å². The van der Waals surface area contributed by atoms with E-state index in [4.69, 9.17) is 0 Å². The predicted molar refractivity (Wildman–Crippen MR) is 44.1 cm³/mol. The van der Waals surface area contributed by atoms with Crippen molar-refractivity contribution in [3.8, 4) is 0 Å². The average molecular weight is 217 g/mol. The molecule has 0 nitrogen and oxygen atoms in total. The fraction of sp³-hybridized carbons (Fsp3) is 0.500. The van der Waals surface area contributed by atoms with E-state index >= 15 is 0 Å². The van der Waals surface area contributed by atoms with Gasteiger partial charge in [0.25, 0.3) is 0 Å². The van der Waals surface area contributed by atoms with Crippen LogP contribution in [0.2, 0.25) is 0 Å². The molecule has 60 valence electrons. The third-order valence-corrected chi connectivity index (χ3v) is 0. The monoisotopic (exact) mass is 218 g/mol. The summed E-state index contributed by atoms with van der Waals surface area (Å²) in [4.78, 5) is 0. The van der Waals surface area contributed by atoms with Gasteiger partial charge in [-0.25, -0.2) is 0 Å². The van der Waals surface area contributed by atoms with E-state index < -0.39 is 0 Å². The van der Waals surface area contributed by atoms with Crippen molar-refractivity contribution in [3.05, 3.63) is 27.7 Å². The van der Waals surface area contributed by atoms with Gasteiger partial charge in [-0.15, -0.1) is 0 Å². The van der Waals surface area contributed by atoms with Crippen molar-refractivity contribution in [2.24, 2.45) is 0 Å². The Morgan fingerprint density at radius 2 is 0.444 bits per heavy atom. The second-order valence-electron chi connectivity index (χ2n) is 0. The molecule has 0 aliphatic carbocycles. The van der Waals surface area contributed by atoms with Crippen LogP contribution in [0.1, 0.15) is 27.7 Å². The minimum atomic E-state index is 0. The first-order valence-electron chi connectivity index (χ1n) is 2.83. The van der Waals surface area contributed by atoms with Crippen LogP contribution in [-0.4, -0.2) is 0 Å². The van der Waals surface area contributed by atoms with Crippen molar-refractivity contribution >= 4 is 0 Å². The molecule has 0 saturated carbocycles. The van der Waals surface area contributed by atoms with Crippen molar-refractivity contribution in [3.63, 3.8) is 0 Å². The second kappa shape index (κ2) is 1290. The summed E-state index contributed by atoms with van der Waals surface area (Å²) in [6.07, 6.45) is 0. The summed E-state index contributed by atoms with van der Waals surface area (Å²) in [6, 6.07) is 0. The van der Waals surface area contributed by atoms with E-state index in [0.29, 0.717) is 0 Å². The Bertz CT molecular complexity index is 4.53. The SMILES string of the molecule is [CH2-]C.[CH2-]C.[CH2-]C.[CH2-]C.[Ru+4]. The Hall–Kier alpha value is 0.623. The van der Waals surface area contributed by atoms with E-state index in [0.717, 1.165) is 0 Å². The average Bonchev–Trinajstić information content (AvgIpc) is 2.03. The van der Waals surface area contributed by atoms with Gasteiger partial charge in [0.1, 0.15) is 0 Å². The van der Waals surface area contributed by atoms with E-state index in [-0.39, 0.29) is 19.5 Å². The summed E-state index contributed by atoms with van der Waals surface area (Å²) in [5.74, 6) is 0. The molecule has 0 atom stereocenters. The molecular weight excluding hydrogens is 197 g/mol. The molecule has 0 amide bonds. The zero-order valence-electron chi connectivity index (χ0n) is 7.18. The molecule has 0 aliphatic rings. The Morgan fingerprint density at radius 3 is 0.444 bits per heavy atom. The predicted octanol–water partition coefficient (Wildman–Crippen LogP) is 3.36. The third kappa shape index (κ3) is 973. The molecule has 0 radical (unpaired) electrons. The van der Waals surface area contributed by atoms with Gasteiger partial charge in [-0.05, 0) is 0 Å². The van der Waals surface area contributed by atoms with E-state index in [2.05, 4.69) is 27.7 Å². The molecule has 0 saturated heterocycles. The standard InChI is InChI=1S/4C2H5.Ru/c4*1-2;/h4*1H2,2H3;/q4*-1;+4. The largest absolute Gasteiger partial charge is 4.00 e. The summed E-state index contributed by atoms with van der Waals surface area (Å²) in [7, 11) is 0. The molecule has 0 spiro atoms. The van der Waals surface area contributed by atoms with Crippen LogP contribution >= 0.6 is 0 Å². The van der Waals surface area contributed by atoms with Gasteiger partial charge in [0, 0.05) is 0 Å². The molecule has 0 aromatic carbocycles. The van der Waals surface area contributed by atoms with Crippen LogP contribution in [0.3, 0.4) is 0 Å². The third-order valence-electron chi connectivity index (χ3n) is 0. The van der Waals surface area contributed by atoms with Crippen molar-refractivity contribution in [2.75, 3.05) is 0 Å². The fourth-order valence-electron chi connectivity index (χ4n) is 0. The van der Waals surface area contributed by atoms with Crippen molar-refractivity contribution in [2.45, 2.75) is 27.7 Å². The van der Waals surface area contributed by atoms with Crippen LogP contribution in [0.4, 0.5) is 0 Å². The molecule has 0 aliphatic heterocycles. The molecular formula is C8H20Ru. The van der Waals surface area contributed by atoms with E-state index in [1.165, 1.54) is 0 Å². The Labute approximate surface area is 75.2 Å². The van der Waals surface area contributed by atoms with Gasteiger partial charge >= 0.3 is 19.5 Å². The second-order valence-corrected chi connectivity index (χ2v) is 0. The minimum absolute atomic E-state index is 0. The van der Waals surface area contributed by atoms with Gasteiger partial charge in [-0.1, -0.05) is 0 Å². The maximum Gasteiger partial charge on any atom is 4.00 e. The fourth-order valence-corrected chi connectivity index (χ4v) is 0. The molecule has 1 heteroatoms. The van der Waals surface area contributed by atoms with E-state index in [9.17, 15) is 0 Å². The van der Waals surface area contributed by atoms with E-state index in [1.807, 2.05) is 0 Å². The van der Waals surface area contributed by atoms with Crippen LogP contribution < -0.4 is 0 Å². The van der Waals surface area contributed by atoms with Crippen LogP contribution in [0.25, 0.3) is 0 Å². The summed E-state index contributed by atoms with van der Waals surface area (Å²) in [6.45, 7) is 20.0. The van der Waals surface area contributed by atoms with Crippen LogP contribution in [0.5, 0.6) is 0 Å². The topological polar surface area (TPSA) is 0 Å². The summed E-state index contributed by atoms with van der Waals surface area (Å²) < 4.78 is 0. The molecule has 0 fully saturated rings. The number of hydrogen-bond donors (Lipinski definition) is 0. The smallest absolute Gasteiger partial charge is 0.346 e. The first-order valence-corrected chi connectivity index (χ1v) is 2.83. The zero-order valence-corrected chi connectivity index (χ0v) is 8.92. The Kier molecular flexibility index (Phi) is 4800. The molecule has 0 aromatic heterocycles. The zero-order chi connectivity index (χ0) is 8.00. The molecule has 0 bridgehead atoms. The molecule has 0 aromatic rings. The Balaban J connectivity index is -0.00000000762. The summed E-state index contributed by atoms with van der Waals surface area (Å²) >= 11 is 0. The van der Waals surface area contributed by atoms with Crippen molar-refractivity contribution in [1.82, 2.24) is 0 Å². The first kappa shape index (κ1) is 33.5. The van der Waals surface area contributed by atoms with Gasteiger partial charge < -0.3 is 27.7 Å². The maximum atomic E-state index is 3.25. The van der Waals surface area contributed by atoms with Gasteiger partial charge in [-0.3, -0.25) is 0 Å². The maximum absolute atomic E-state index is 3.25. The molecule has 0 N–H and O–H groups in total. The molecule has 9 heavy (non-hydrogen) atoms.